The summed E-state index contributed by atoms with van der Waals surface area (Å²) in [4.78, 5) is 37.5. The SMILES string of the molecule is CC(C)C1COC(=O)N1C(=O)[C@H](CCC(F)(F)F)CC(=O)OC(C)(C)C. The first-order chi connectivity index (χ1) is 11.7. The Morgan fingerprint density at radius 2 is 1.85 bits per heavy atom. The quantitative estimate of drug-likeness (QED) is 0.656. The Kier molecular flexibility index (Phi) is 7.07. The highest BCUT2D eigenvalue weighted by atomic mass is 19.4. The molecule has 6 nitrogen and oxygen atoms in total. The second-order valence-corrected chi connectivity index (χ2v) is 7.74. The Balaban J connectivity index is 2.96. The van der Waals surface area contributed by atoms with E-state index in [2.05, 4.69) is 0 Å². The number of hydrogen-bond acceptors (Lipinski definition) is 5. The van der Waals surface area contributed by atoms with Crippen LogP contribution in [0, 0.1) is 11.8 Å². The molecule has 0 radical (unpaired) electrons. The van der Waals surface area contributed by atoms with E-state index in [1.807, 2.05) is 0 Å². The van der Waals surface area contributed by atoms with Crippen LogP contribution >= 0.6 is 0 Å². The molecule has 0 aromatic rings. The maximum absolute atomic E-state index is 12.7. The Labute approximate surface area is 151 Å². The molecule has 1 saturated heterocycles. The maximum Gasteiger partial charge on any atom is 0.416 e. The van der Waals surface area contributed by atoms with Crippen molar-refractivity contribution in [2.24, 2.45) is 11.8 Å². The lowest BCUT2D eigenvalue weighted by Crippen LogP contribution is -2.45. The Hall–Kier alpha value is -1.80. The number of cyclic esters (lactones) is 1. The summed E-state index contributed by atoms with van der Waals surface area (Å²) < 4.78 is 47.8. The molecule has 1 heterocycles. The van der Waals surface area contributed by atoms with Gasteiger partial charge in [-0.15, -0.1) is 0 Å². The number of carbonyl (C=O) groups is 3. The lowest BCUT2D eigenvalue weighted by molar-refractivity contribution is -0.161. The number of hydrogen-bond donors (Lipinski definition) is 0. The highest BCUT2D eigenvalue weighted by Gasteiger charge is 2.43. The smallest absolute Gasteiger partial charge is 0.416 e. The summed E-state index contributed by atoms with van der Waals surface area (Å²) in [6.07, 6.45) is -7.73. The van der Waals surface area contributed by atoms with E-state index in [-0.39, 0.29) is 12.5 Å². The van der Waals surface area contributed by atoms with Crippen molar-refractivity contribution >= 4 is 18.0 Å². The van der Waals surface area contributed by atoms with E-state index in [0.29, 0.717) is 0 Å². The van der Waals surface area contributed by atoms with Crippen molar-refractivity contribution in [3.8, 4) is 0 Å². The molecular formula is C17H26F3NO5. The molecule has 1 unspecified atom stereocenters. The minimum absolute atomic E-state index is 0.0132. The van der Waals surface area contributed by atoms with Gasteiger partial charge in [0.25, 0.3) is 0 Å². The second-order valence-electron chi connectivity index (χ2n) is 7.74. The third-order valence-electron chi connectivity index (χ3n) is 3.87. The van der Waals surface area contributed by atoms with Crippen molar-refractivity contribution in [1.82, 2.24) is 4.90 Å². The van der Waals surface area contributed by atoms with Crippen molar-refractivity contribution in [2.45, 2.75) is 71.7 Å². The molecule has 1 aliphatic heterocycles. The molecular weight excluding hydrogens is 355 g/mol. The second kappa shape index (κ2) is 8.26. The average molecular weight is 381 g/mol. The fourth-order valence-corrected chi connectivity index (χ4v) is 2.61. The van der Waals surface area contributed by atoms with Gasteiger partial charge in [0.15, 0.2) is 0 Å². The number of ether oxygens (including phenoxy) is 2. The molecule has 1 aliphatic rings. The molecule has 0 saturated carbocycles. The Morgan fingerprint density at radius 1 is 1.27 bits per heavy atom. The average Bonchev–Trinajstić information content (AvgIpc) is 2.81. The van der Waals surface area contributed by atoms with Crippen molar-refractivity contribution < 1.29 is 37.0 Å². The van der Waals surface area contributed by atoms with Gasteiger partial charge in [-0.25, -0.2) is 9.69 Å². The van der Waals surface area contributed by atoms with Crippen LogP contribution in [-0.2, 0) is 19.1 Å². The van der Waals surface area contributed by atoms with Gasteiger partial charge in [0.1, 0.15) is 12.2 Å². The molecule has 0 spiro atoms. The van der Waals surface area contributed by atoms with E-state index in [4.69, 9.17) is 9.47 Å². The monoisotopic (exact) mass is 381 g/mol. The molecule has 2 atom stereocenters. The van der Waals surface area contributed by atoms with Crippen LogP contribution in [0.2, 0.25) is 0 Å². The van der Waals surface area contributed by atoms with Crippen molar-refractivity contribution in [3.05, 3.63) is 0 Å². The van der Waals surface area contributed by atoms with E-state index in [9.17, 15) is 27.6 Å². The zero-order valence-electron chi connectivity index (χ0n) is 15.7. The van der Waals surface area contributed by atoms with Gasteiger partial charge in [0, 0.05) is 12.3 Å². The first-order valence-corrected chi connectivity index (χ1v) is 8.49. The van der Waals surface area contributed by atoms with Crippen molar-refractivity contribution in [3.63, 3.8) is 0 Å². The normalized spacial score (nSPS) is 19.5. The van der Waals surface area contributed by atoms with Crippen LogP contribution < -0.4 is 0 Å². The number of halogens is 3. The predicted molar refractivity (Wildman–Crippen MR) is 86.1 cm³/mol. The van der Waals surface area contributed by atoms with Gasteiger partial charge in [-0.05, 0) is 33.1 Å². The maximum atomic E-state index is 12.7. The largest absolute Gasteiger partial charge is 0.460 e. The zero-order chi connectivity index (χ0) is 20.3. The third kappa shape index (κ3) is 6.84. The van der Waals surface area contributed by atoms with Crippen LogP contribution in [0.15, 0.2) is 0 Å². The third-order valence-corrected chi connectivity index (χ3v) is 3.87. The van der Waals surface area contributed by atoms with Gasteiger partial charge in [0.2, 0.25) is 5.91 Å². The molecule has 1 fully saturated rings. The van der Waals surface area contributed by atoms with Crippen LogP contribution in [0.3, 0.4) is 0 Å². The summed E-state index contributed by atoms with van der Waals surface area (Å²) in [5, 5.41) is 0. The Morgan fingerprint density at radius 3 is 2.31 bits per heavy atom. The van der Waals surface area contributed by atoms with E-state index in [1.165, 1.54) is 0 Å². The summed E-state index contributed by atoms with van der Waals surface area (Å²) in [5.74, 6) is -3.05. The van der Waals surface area contributed by atoms with E-state index >= 15 is 0 Å². The standard InChI is InChI=1S/C17H26F3NO5/c1-10(2)12-9-25-15(24)21(12)14(23)11(6-7-17(18,19)20)8-13(22)26-16(3,4)5/h10-12H,6-9H2,1-5H3/t11-,12?/m1/s1. The zero-order valence-corrected chi connectivity index (χ0v) is 15.7. The summed E-state index contributed by atoms with van der Waals surface area (Å²) in [6, 6.07) is -0.568. The van der Waals surface area contributed by atoms with Gasteiger partial charge in [-0.1, -0.05) is 13.8 Å². The van der Waals surface area contributed by atoms with E-state index in [0.717, 1.165) is 4.90 Å². The summed E-state index contributed by atoms with van der Waals surface area (Å²) >= 11 is 0. The predicted octanol–water partition coefficient (Wildman–Crippen LogP) is 3.68. The van der Waals surface area contributed by atoms with Crippen molar-refractivity contribution in [2.75, 3.05) is 6.61 Å². The van der Waals surface area contributed by atoms with Gasteiger partial charge in [0.05, 0.1) is 12.5 Å². The number of amides is 2. The Bertz CT molecular complexity index is 539. The van der Waals surface area contributed by atoms with Crippen LogP contribution in [0.25, 0.3) is 0 Å². The van der Waals surface area contributed by atoms with Gasteiger partial charge >= 0.3 is 18.2 Å². The van der Waals surface area contributed by atoms with E-state index < -0.39 is 61.0 Å². The van der Waals surface area contributed by atoms with Gasteiger partial charge < -0.3 is 9.47 Å². The number of carbonyl (C=O) groups excluding carboxylic acids is 3. The fraction of sp³-hybridized carbons (Fsp3) is 0.824. The molecule has 150 valence electrons. The summed E-state index contributed by atoms with van der Waals surface area (Å²) in [5.41, 5.74) is -0.832. The van der Waals surface area contributed by atoms with Gasteiger partial charge in [-0.3, -0.25) is 9.59 Å². The van der Waals surface area contributed by atoms with E-state index in [1.54, 1.807) is 34.6 Å². The molecule has 0 aromatic carbocycles. The lowest BCUT2D eigenvalue weighted by Gasteiger charge is -2.27. The number of nitrogens with zero attached hydrogens (tertiary/aromatic N) is 1. The molecule has 2 amide bonds. The molecule has 1 rings (SSSR count). The molecule has 0 bridgehead atoms. The summed E-state index contributed by atoms with van der Waals surface area (Å²) in [6.45, 7) is 8.37. The number of esters is 1. The number of imide groups is 1. The highest BCUT2D eigenvalue weighted by Crippen LogP contribution is 2.30. The topological polar surface area (TPSA) is 72.9 Å². The first-order valence-electron chi connectivity index (χ1n) is 8.49. The molecule has 9 heteroatoms. The van der Waals surface area contributed by atoms with Gasteiger partial charge in [-0.2, -0.15) is 13.2 Å². The van der Waals surface area contributed by atoms with Crippen LogP contribution in [0.4, 0.5) is 18.0 Å². The highest BCUT2D eigenvalue weighted by molar-refractivity contribution is 5.96. The van der Waals surface area contributed by atoms with Crippen LogP contribution in [-0.4, -0.2) is 47.3 Å². The number of rotatable bonds is 6. The number of alkyl halides is 3. The summed E-state index contributed by atoms with van der Waals surface area (Å²) in [7, 11) is 0. The molecule has 0 N–H and O–H groups in total. The van der Waals surface area contributed by atoms with Crippen LogP contribution in [0.1, 0.15) is 53.9 Å². The fourth-order valence-electron chi connectivity index (χ4n) is 2.61. The first kappa shape index (κ1) is 22.2. The lowest BCUT2D eigenvalue weighted by atomic mass is 9.95. The minimum atomic E-state index is -4.48. The molecule has 26 heavy (non-hydrogen) atoms. The van der Waals surface area contributed by atoms with Crippen molar-refractivity contribution in [1.29, 1.82) is 0 Å². The minimum Gasteiger partial charge on any atom is -0.460 e. The molecule has 0 aliphatic carbocycles. The molecule has 0 aromatic heterocycles. The van der Waals surface area contributed by atoms with Crippen LogP contribution in [0.5, 0.6) is 0 Å².